The van der Waals surface area contributed by atoms with E-state index in [0.717, 1.165) is 41.8 Å². The summed E-state index contributed by atoms with van der Waals surface area (Å²) in [6, 6.07) is 5.79. The van der Waals surface area contributed by atoms with Crippen LogP contribution in [0.3, 0.4) is 0 Å². The normalized spacial score (nSPS) is 26.4. The number of anilines is 1. The third-order valence-corrected chi connectivity index (χ3v) is 6.96. The predicted molar refractivity (Wildman–Crippen MR) is 103 cm³/mol. The lowest BCUT2D eigenvalue weighted by Crippen LogP contribution is -2.61. The Hall–Kier alpha value is -1.90. The number of thiophene rings is 1. The molecule has 136 valence electrons. The number of hydrogen-bond acceptors (Lipinski definition) is 4. The molecule has 2 aliphatic heterocycles. The highest BCUT2D eigenvalue weighted by molar-refractivity contribution is 7.11. The average Bonchev–Trinajstić information content (AvgIpc) is 2.94. The summed E-state index contributed by atoms with van der Waals surface area (Å²) in [6.45, 7) is 9.14. The van der Waals surface area contributed by atoms with Crippen LogP contribution >= 0.6 is 11.3 Å². The monoisotopic (exact) mass is 370 g/mol. The maximum absolute atomic E-state index is 15.0. The van der Waals surface area contributed by atoms with E-state index in [4.69, 9.17) is 4.74 Å². The van der Waals surface area contributed by atoms with Crippen molar-refractivity contribution >= 4 is 17.0 Å². The van der Waals surface area contributed by atoms with Gasteiger partial charge in [0.2, 0.25) is 0 Å². The first-order valence-electron chi connectivity index (χ1n) is 9.00. The van der Waals surface area contributed by atoms with Gasteiger partial charge in [-0.3, -0.25) is 0 Å². The Morgan fingerprint density at radius 2 is 2.08 bits per heavy atom. The van der Waals surface area contributed by atoms with Crippen LogP contribution < -0.4 is 5.32 Å². The van der Waals surface area contributed by atoms with Gasteiger partial charge in [0, 0.05) is 28.7 Å². The van der Waals surface area contributed by atoms with Gasteiger partial charge in [-0.15, -0.1) is 11.3 Å². The van der Waals surface area contributed by atoms with E-state index in [0.29, 0.717) is 10.4 Å². The molecule has 0 radical (unpaired) electrons. The molecule has 5 heteroatoms. The summed E-state index contributed by atoms with van der Waals surface area (Å²) >= 11 is 1.37. The number of nitrogens with zero attached hydrogens (tertiary/aromatic N) is 1. The molecule has 4 rings (SSSR count). The molecule has 2 aliphatic rings. The Labute approximate surface area is 157 Å². The summed E-state index contributed by atoms with van der Waals surface area (Å²) in [4.78, 5) is 0.640. The first-order chi connectivity index (χ1) is 12.3. The van der Waals surface area contributed by atoms with E-state index in [2.05, 4.69) is 32.2 Å². The molecule has 1 saturated heterocycles. The van der Waals surface area contributed by atoms with Gasteiger partial charge in [-0.1, -0.05) is 6.92 Å². The molecule has 3 heterocycles. The molecule has 0 amide bonds. The topological polar surface area (TPSA) is 45.0 Å². The van der Waals surface area contributed by atoms with Gasteiger partial charge in [-0.05, 0) is 62.4 Å². The number of nitriles is 1. The van der Waals surface area contributed by atoms with Crippen LogP contribution in [-0.4, -0.2) is 18.2 Å². The summed E-state index contributed by atoms with van der Waals surface area (Å²) in [5.41, 5.74) is 3.78. The molecule has 0 bridgehead atoms. The highest BCUT2D eigenvalue weighted by atomic mass is 32.1. The van der Waals surface area contributed by atoms with E-state index in [9.17, 15) is 5.26 Å². The Kier molecular flexibility index (Phi) is 3.91. The maximum atomic E-state index is 15.0. The zero-order valence-electron chi connectivity index (χ0n) is 15.6. The molecular formula is C21H23FN2OS. The summed E-state index contributed by atoms with van der Waals surface area (Å²) < 4.78 is 21.2. The van der Waals surface area contributed by atoms with Crippen LogP contribution in [0.25, 0.3) is 11.1 Å². The first kappa shape index (κ1) is 17.5. The van der Waals surface area contributed by atoms with Crippen molar-refractivity contribution in [2.24, 2.45) is 0 Å². The van der Waals surface area contributed by atoms with Crippen molar-refractivity contribution in [2.45, 2.75) is 57.6 Å². The van der Waals surface area contributed by atoms with Crippen molar-refractivity contribution in [3.05, 3.63) is 39.3 Å². The highest BCUT2D eigenvalue weighted by Crippen LogP contribution is 2.51. The van der Waals surface area contributed by atoms with E-state index in [1.165, 1.54) is 11.3 Å². The van der Waals surface area contributed by atoms with Crippen LogP contribution in [0.15, 0.2) is 17.5 Å². The summed E-state index contributed by atoms with van der Waals surface area (Å²) in [6.07, 6.45) is 2.06. The summed E-state index contributed by atoms with van der Waals surface area (Å²) in [5, 5.41) is 14.6. The number of rotatable bonds is 1. The molecule has 2 atom stereocenters. The van der Waals surface area contributed by atoms with Crippen molar-refractivity contribution in [3.8, 4) is 17.2 Å². The number of ether oxygens (including phenoxy) is 1. The van der Waals surface area contributed by atoms with Crippen LogP contribution in [0.2, 0.25) is 0 Å². The van der Waals surface area contributed by atoms with Crippen LogP contribution in [0.4, 0.5) is 10.1 Å². The molecule has 2 unspecified atom stereocenters. The molecule has 1 fully saturated rings. The fourth-order valence-corrected chi connectivity index (χ4v) is 5.68. The molecule has 1 aromatic carbocycles. The smallest absolute Gasteiger partial charge is 0.133 e. The van der Waals surface area contributed by atoms with Gasteiger partial charge in [0.15, 0.2) is 0 Å². The second-order valence-corrected chi connectivity index (χ2v) is 9.09. The lowest BCUT2D eigenvalue weighted by molar-refractivity contribution is -0.0720. The van der Waals surface area contributed by atoms with E-state index in [-0.39, 0.29) is 22.9 Å². The Morgan fingerprint density at radius 3 is 2.77 bits per heavy atom. The quantitative estimate of drug-likeness (QED) is 0.733. The number of nitrogens with one attached hydrogen (secondary N) is 1. The van der Waals surface area contributed by atoms with E-state index < -0.39 is 0 Å². The number of benzene rings is 1. The van der Waals surface area contributed by atoms with Crippen molar-refractivity contribution in [1.82, 2.24) is 0 Å². The third kappa shape index (κ3) is 2.39. The Balaban J connectivity index is 1.92. The Bertz CT molecular complexity index is 927. The molecule has 0 spiro atoms. The zero-order valence-corrected chi connectivity index (χ0v) is 16.4. The second-order valence-electron chi connectivity index (χ2n) is 8.21. The van der Waals surface area contributed by atoms with Crippen LogP contribution in [0.5, 0.6) is 0 Å². The minimum Gasteiger partial charge on any atom is -0.377 e. The lowest BCUT2D eigenvalue weighted by atomic mass is 9.63. The first-order valence-corrected chi connectivity index (χ1v) is 9.88. The van der Waals surface area contributed by atoms with Crippen LogP contribution in [0.1, 0.15) is 49.6 Å². The van der Waals surface area contributed by atoms with Gasteiger partial charge in [0.25, 0.3) is 0 Å². The van der Waals surface area contributed by atoms with Crippen molar-refractivity contribution in [2.75, 3.05) is 11.9 Å². The molecule has 1 N–H and O–H groups in total. The predicted octanol–water partition coefficient (Wildman–Crippen LogP) is 5.38. The highest BCUT2D eigenvalue weighted by Gasteiger charge is 2.52. The number of hydrogen-bond donors (Lipinski definition) is 1. The van der Waals surface area contributed by atoms with Gasteiger partial charge < -0.3 is 10.1 Å². The largest absolute Gasteiger partial charge is 0.377 e. The van der Waals surface area contributed by atoms with Crippen LogP contribution in [-0.2, 0) is 10.2 Å². The average molecular weight is 370 g/mol. The molecule has 0 saturated carbocycles. The third-order valence-electron chi connectivity index (χ3n) is 5.97. The van der Waals surface area contributed by atoms with Gasteiger partial charge >= 0.3 is 0 Å². The van der Waals surface area contributed by atoms with E-state index in [1.54, 1.807) is 6.07 Å². The van der Waals surface area contributed by atoms with E-state index >= 15 is 4.39 Å². The number of halogens is 1. The van der Waals surface area contributed by atoms with E-state index in [1.807, 2.05) is 18.4 Å². The molecule has 2 aromatic rings. The zero-order chi connectivity index (χ0) is 18.7. The number of fused-ring (bicyclic) bond motifs is 3. The maximum Gasteiger partial charge on any atom is 0.133 e. The van der Waals surface area contributed by atoms with Gasteiger partial charge in [0.05, 0.1) is 11.6 Å². The van der Waals surface area contributed by atoms with Crippen LogP contribution in [0, 0.1) is 24.1 Å². The Morgan fingerprint density at radius 1 is 1.31 bits per heavy atom. The van der Waals surface area contributed by atoms with Crippen molar-refractivity contribution < 1.29 is 9.13 Å². The second kappa shape index (κ2) is 5.80. The molecular weight excluding hydrogens is 347 g/mol. The molecule has 3 nitrogen and oxygen atoms in total. The molecule has 26 heavy (non-hydrogen) atoms. The summed E-state index contributed by atoms with van der Waals surface area (Å²) in [5.74, 6) is -0.254. The SMILES string of the molecule is Cc1c(-c2cc3c(cc2F)NC(C)(C)C2OCCCC32C)csc1C#N. The molecule has 1 aromatic heterocycles. The minimum absolute atomic E-state index is 0.0350. The fourth-order valence-electron chi connectivity index (χ4n) is 4.80. The lowest BCUT2D eigenvalue weighted by Gasteiger charge is -2.54. The van der Waals surface area contributed by atoms with Gasteiger partial charge in [-0.2, -0.15) is 5.26 Å². The van der Waals surface area contributed by atoms with Crippen molar-refractivity contribution in [1.29, 1.82) is 5.26 Å². The fraction of sp³-hybridized carbons (Fsp3) is 0.476. The van der Waals surface area contributed by atoms with Gasteiger partial charge in [-0.25, -0.2) is 4.39 Å². The molecule has 0 aliphatic carbocycles. The van der Waals surface area contributed by atoms with Gasteiger partial charge in [0.1, 0.15) is 16.8 Å². The minimum atomic E-state index is -0.262. The summed E-state index contributed by atoms with van der Waals surface area (Å²) in [7, 11) is 0. The standard InChI is InChI=1S/C21H23FN2OS/c1-12-14(11-26-18(12)10-23)13-8-15-17(9-16(13)22)24-20(2,3)19-21(15,4)6-5-7-25-19/h8-9,11,19,24H,5-7H2,1-4H3. The van der Waals surface area contributed by atoms with Crippen molar-refractivity contribution in [3.63, 3.8) is 0 Å².